The first-order valence-corrected chi connectivity index (χ1v) is 7.75. The molecule has 122 valence electrons. The van der Waals surface area contributed by atoms with Crippen molar-refractivity contribution < 1.29 is 9.53 Å². The monoisotopic (exact) mass is 315 g/mol. The fourth-order valence-electron chi connectivity index (χ4n) is 2.47. The zero-order valence-corrected chi connectivity index (χ0v) is 12.8. The van der Waals surface area contributed by atoms with Crippen LogP contribution in [0.3, 0.4) is 0 Å². The van der Waals surface area contributed by atoms with Gasteiger partial charge >= 0.3 is 0 Å². The summed E-state index contributed by atoms with van der Waals surface area (Å²) in [5.41, 5.74) is 6.13. The molecular weight excluding hydrogens is 294 g/mol. The number of hydrazine groups is 1. The summed E-state index contributed by atoms with van der Waals surface area (Å²) in [4.78, 5) is 12.1. The average molecular weight is 315 g/mol. The number of carbonyl (C=O) groups is 1. The number of hydrogen-bond acceptors (Lipinski definition) is 5. The van der Waals surface area contributed by atoms with E-state index in [-0.39, 0.29) is 18.0 Å². The zero-order valence-electron chi connectivity index (χ0n) is 12.8. The van der Waals surface area contributed by atoms with Gasteiger partial charge < -0.3 is 10.1 Å². The molecule has 1 saturated heterocycles. The quantitative estimate of drug-likeness (QED) is 0.685. The molecule has 1 amide bonds. The van der Waals surface area contributed by atoms with Crippen molar-refractivity contribution in [2.45, 2.75) is 25.0 Å². The van der Waals surface area contributed by atoms with Crippen molar-refractivity contribution in [1.82, 2.24) is 25.9 Å². The summed E-state index contributed by atoms with van der Waals surface area (Å²) < 4.78 is 7.49. The van der Waals surface area contributed by atoms with Crippen molar-refractivity contribution in [3.63, 3.8) is 0 Å². The molecule has 0 radical (unpaired) electrons. The van der Waals surface area contributed by atoms with Crippen LogP contribution in [0.15, 0.2) is 48.8 Å². The van der Waals surface area contributed by atoms with E-state index in [1.54, 1.807) is 10.9 Å². The van der Waals surface area contributed by atoms with E-state index in [1.807, 2.05) is 42.6 Å². The molecule has 0 saturated carbocycles. The smallest absolute Gasteiger partial charge is 0.238 e. The van der Waals surface area contributed by atoms with Gasteiger partial charge in [0, 0.05) is 18.9 Å². The summed E-state index contributed by atoms with van der Waals surface area (Å²) in [5.74, 6) is 0.827. The Morgan fingerprint density at radius 1 is 1.30 bits per heavy atom. The molecule has 1 aliphatic heterocycles. The second kappa shape index (κ2) is 7.75. The molecule has 2 atom stereocenters. The highest BCUT2D eigenvalue weighted by atomic mass is 16.5. The standard InChI is InChI=1S/C16H21N5O2/c22-16(17-8-10-21-9-4-7-18-21)15-11-13(19-20-15)12-23-14-5-2-1-3-6-14/h1-7,9,13,15,19-20H,8,10-12H2,(H,17,22). The molecule has 2 aromatic rings. The maximum atomic E-state index is 12.1. The Hall–Kier alpha value is -2.38. The van der Waals surface area contributed by atoms with Crippen LogP contribution in [0.4, 0.5) is 0 Å². The normalized spacial score (nSPS) is 20.3. The number of carbonyl (C=O) groups excluding carboxylic acids is 1. The summed E-state index contributed by atoms with van der Waals surface area (Å²) in [6.45, 7) is 1.75. The first kappa shape index (κ1) is 15.5. The van der Waals surface area contributed by atoms with Crippen molar-refractivity contribution >= 4 is 5.91 Å². The molecule has 2 unspecified atom stereocenters. The van der Waals surface area contributed by atoms with E-state index in [1.165, 1.54) is 0 Å². The molecule has 1 aromatic heterocycles. The Morgan fingerprint density at radius 3 is 2.96 bits per heavy atom. The van der Waals surface area contributed by atoms with Gasteiger partial charge in [-0.15, -0.1) is 0 Å². The van der Waals surface area contributed by atoms with Crippen molar-refractivity contribution in [2.24, 2.45) is 0 Å². The van der Waals surface area contributed by atoms with E-state index in [0.717, 1.165) is 5.75 Å². The van der Waals surface area contributed by atoms with Crippen LogP contribution in [0.25, 0.3) is 0 Å². The summed E-state index contributed by atoms with van der Waals surface area (Å²) in [6.07, 6.45) is 4.29. The van der Waals surface area contributed by atoms with E-state index in [9.17, 15) is 4.79 Å². The Morgan fingerprint density at radius 2 is 2.17 bits per heavy atom. The highest BCUT2D eigenvalue weighted by Crippen LogP contribution is 2.11. The van der Waals surface area contributed by atoms with Gasteiger partial charge in [-0.1, -0.05) is 18.2 Å². The highest BCUT2D eigenvalue weighted by Gasteiger charge is 2.29. The van der Waals surface area contributed by atoms with Gasteiger partial charge in [-0.05, 0) is 24.6 Å². The number of hydrogen-bond donors (Lipinski definition) is 3. The summed E-state index contributed by atoms with van der Waals surface area (Å²) in [5, 5.41) is 7.01. The Bertz CT molecular complexity index is 602. The van der Waals surface area contributed by atoms with E-state index in [2.05, 4.69) is 21.3 Å². The minimum atomic E-state index is -0.239. The topological polar surface area (TPSA) is 80.2 Å². The molecule has 0 spiro atoms. The molecule has 3 rings (SSSR count). The van der Waals surface area contributed by atoms with Crippen LogP contribution in [0.2, 0.25) is 0 Å². The lowest BCUT2D eigenvalue weighted by molar-refractivity contribution is -0.122. The third-order valence-electron chi connectivity index (χ3n) is 3.69. The predicted molar refractivity (Wildman–Crippen MR) is 85.6 cm³/mol. The summed E-state index contributed by atoms with van der Waals surface area (Å²) in [7, 11) is 0. The van der Waals surface area contributed by atoms with Gasteiger partial charge in [0.1, 0.15) is 18.4 Å². The maximum absolute atomic E-state index is 12.1. The number of benzene rings is 1. The van der Waals surface area contributed by atoms with E-state index < -0.39 is 0 Å². The van der Waals surface area contributed by atoms with Crippen LogP contribution in [0.5, 0.6) is 5.75 Å². The number of nitrogens with one attached hydrogen (secondary N) is 3. The SMILES string of the molecule is O=C(NCCn1cccn1)C1CC(COc2ccccc2)NN1. The molecular formula is C16H21N5O2. The second-order valence-corrected chi connectivity index (χ2v) is 5.46. The van der Waals surface area contributed by atoms with Gasteiger partial charge in [0.25, 0.3) is 0 Å². The Balaban J connectivity index is 1.36. The van der Waals surface area contributed by atoms with Crippen LogP contribution in [-0.4, -0.2) is 40.9 Å². The predicted octanol–water partition coefficient (Wildman–Crippen LogP) is 0.313. The fraction of sp³-hybridized carbons (Fsp3) is 0.375. The van der Waals surface area contributed by atoms with Crippen molar-refractivity contribution in [1.29, 1.82) is 0 Å². The van der Waals surface area contributed by atoms with Crippen LogP contribution in [0.1, 0.15) is 6.42 Å². The average Bonchev–Trinajstić information content (AvgIpc) is 3.25. The lowest BCUT2D eigenvalue weighted by Crippen LogP contribution is -2.44. The Kier molecular flexibility index (Phi) is 5.23. The number of ether oxygens (including phenoxy) is 1. The first-order chi connectivity index (χ1) is 11.3. The summed E-state index contributed by atoms with van der Waals surface area (Å²) >= 11 is 0. The number of aromatic nitrogens is 2. The lowest BCUT2D eigenvalue weighted by Gasteiger charge is -2.11. The van der Waals surface area contributed by atoms with E-state index in [4.69, 9.17) is 4.74 Å². The van der Waals surface area contributed by atoms with Gasteiger partial charge in [0.15, 0.2) is 0 Å². The van der Waals surface area contributed by atoms with Crippen LogP contribution < -0.4 is 20.9 Å². The minimum absolute atomic E-state index is 0.00753. The third-order valence-corrected chi connectivity index (χ3v) is 3.69. The zero-order chi connectivity index (χ0) is 15.9. The molecule has 0 bridgehead atoms. The number of para-hydroxylation sites is 1. The lowest BCUT2D eigenvalue weighted by atomic mass is 10.1. The van der Waals surface area contributed by atoms with Crippen LogP contribution in [0, 0.1) is 0 Å². The molecule has 0 aliphatic carbocycles. The molecule has 1 aromatic carbocycles. The molecule has 23 heavy (non-hydrogen) atoms. The van der Waals surface area contributed by atoms with Crippen molar-refractivity contribution in [2.75, 3.05) is 13.2 Å². The van der Waals surface area contributed by atoms with Gasteiger partial charge in [-0.25, -0.2) is 5.43 Å². The van der Waals surface area contributed by atoms with E-state index in [0.29, 0.717) is 26.1 Å². The first-order valence-electron chi connectivity index (χ1n) is 7.75. The van der Waals surface area contributed by atoms with Gasteiger partial charge in [-0.3, -0.25) is 14.9 Å². The van der Waals surface area contributed by atoms with Gasteiger partial charge in [0.2, 0.25) is 5.91 Å². The molecule has 1 fully saturated rings. The summed E-state index contributed by atoms with van der Waals surface area (Å²) in [6, 6.07) is 11.4. The number of amides is 1. The van der Waals surface area contributed by atoms with Crippen LogP contribution in [-0.2, 0) is 11.3 Å². The van der Waals surface area contributed by atoms with E-state index >= 15 is 0 Å². The fourth-order valence-corrected chi connectivity index (χ4v) is 2.47. The molecule has 7 heteroatoms. The van der Waals surface area contributed by atoms with Crippen LogP contribution >= 0.6 is 0 Å². The minimum Gasteiger partial charge on any atom is -0.492 e. The molecule has 3 N–H and O–H groups in total. The third kappa shape index (κ3) is 4.54. The van der Waals surface area contributed by atoms with Gasteiger partial charge in [0.05, 0.1) is 12.6 Å². The second-order valence-electron chi connectivity index (χ2n) is 5.46. The number of rotatable bonds is 7. The van der Waals surface area contributed by atoms with Gasteiger partial charge in [-0.2, -0.15) is 5.10 Å². The molecule has 7 nitrogen and oxygen atoms in total. The highest BCUT2D eigenvalue weighted by molar-refractivity contribution is 5.82. The maximum Gasteiger partial charge on any atom is 0.238 e. The largest absolute Gasteiger partial charge is 0.492 e. The van der Waals surface area contributed by atoms with Crippen molar-refractivity contribution in [3.05, 3.63) is 48.8 Å². The Labute approximate surface area is 135 Å². The number of nitrogens with zero attached hydrogens (tertiary/aromatic N) is 2. The molecule has 1 aliphatic rings. The van der Waals surface area contributed by atoms with Crippen molar-refractivity contribution in [3.8, 4) is 5.75 Å². The molecule has 2 heterocycles.